The van der Waals surface area contributed by atoms with Gasteiger partial charge in [-0.05, 0) is 56.8 Å². The maximum absolute atomic E-state index is 10.2. The maximum Gasteiger partial charge on any atom is 0.0840 e. The summed E-state index contributed by atoms with van der Waals surface area (Å²) in [5.74, 6) is 0.535. The van der Waals surface area contributed by atoms with E-state index in [1.54, 1.807) is 0 Å². The summed E-state index contributed by atoms with van der Waals surface area (Å²) in [6, 6.07) is 10.7. The molecule has 98 valence electrons. The third-order valence-corrected chi connectivity index (χ3v) is 3.82. The van der Waals surface area contributed by atoms with Crippen molar-refractivity contribution in [3.63, 3.8) is 0 Å². The molecule has 1 aliphatic rings. The molecule has 0 radical (unpaired) electrons. The van der Waals surface area contributed by atoms with Crippen LogP contribution in [0.2, 0.25) is 0 Å². The van der Waals surface area contributed by atoms with Crippen molar-refractivity contribution in [2.24, 2.45) is 11.1 Å². The summed E-state index contributed by atoms with van der Waals surface area (Å²) >= 11 is 0. The van der Waals surface area contributed by atoms with Crippen molar-refractivity contribution in [3.05, 3.63) is 40.8 Å². The van der Waals surface area contributed by atoms with E-state index in [9.17, 15) is 4.91 Å². The number of aryl methyl sites for hydroxylation is 1. The van der Waals surface area contributed by atoms with Gasteiger partial charge in [0, 0.05) is 0 Å². The molecule has 1 heterocycles. The molecule has 0 bridgehead atoms. The number of rotatable bonds is 6. The Labute approximate surface area is 109 Å². The van der Waals surface area contributed by atoms with Crippen molar-refractivity contribution in [2.45, 2.75) is 25.7 Å². The van der Waals surface area contributed by atoms with Crippen LogP contribution in [0.3, 0.4) is 0 Å². The summed E-state index contributed by atoms with van der Waals surface area (Å²) < 4.78 is 0. The number of likely N-dealkylation sites (tertiary alicyclic amines) is 1. The predicted octanol–water partition coefficient (Wildman–Crippen LogP) is 3.10. The van der Waals surface area contributed by atoms with Gasteiger partial charge in [-0.2, -0.15) is 4.91 Å². The number of nitrogens with zero attached hydrogens (tertiary/aromatic N) is 2. The third-order valence-electron chi connectivity index (χ3n) is 3.82. The van der Waals surface area contributed by atoms with E-state index in [4.69, 9.17) is 0 Å². The second kappa shape index (κ2) is 7.27. The van der Waals surface area contributed by atoms with E-state index in [-0.39, 0.29) is 0 Å². The summed E-state index contributed by atoms with van der Waals surface area (Å²) in [6.45, 7) is 3.96. The molecule has 0 aromatic heterocycles. The highest BCUT2D eigenvalue weighted by atomic mass is 16.3. The van der Waals surface area contributed by atoms with E-state index in [0.717, 1.165) is 32.4 Å². The molecule has 18 heavy (non-hydrogen) atoms. The molecule has 0 N–H and O–H groups in total. The van der Waals surface area contributed by atoms with Gasteiger partial charge in [-0.15, -0.1) is 0 Å². The lowest BCUT2D eigenvalue weighted by Crippen LogP contribution is -2.35. The van der Waals surface area contributed by atoms with Crippen LogP contribution in [0.4, 0.5) is 0 Å². The van der Waals surface area contributed by atoms with E-state index in [0.29, 0.717) is 12.5 Å². The molecule has 3 nitrogen and oxygen atoms in total. The average molecular weight is 246 g/mol. The van der Waals surface area contributed by atoms with E-state index in [2.05, 4.69) is 40.4 Å². The minimum Gasteiger partial charge on any atom is -0.303 e. The van der Waals surface area contributed by atoms with E-state index >= 15 is 0 Å². The standard InChI is InChI=1S/C15H22N2O/c18-16-13-15-8-11-17(12-9-15)10-4-7-14-5-2-1-3-6-14/h1-3,5-6,15H,4,7-13H2. The molecule has 1 aliphatic heterocycles. The Hall–Kier alpha value is -1.22. The molecule has 2 rings (SSSR count). The van der Waals surface area contributed by atoms with Crippen molar-refractivity contribution in [1.82, 2.24) is 4.90 Å². The molecule has 0 unspecified atom stereocenters. The lowest BCUT2D eigenvalue weighted by atomic mass is 9.97. The molecule has 1 saturated heterocycles. The van der Waals surface area contributed by atoms with Crippen LogP contribution in [0.15, 0.2) is 35.5 Å². The molecule has 3 heteroatoms. The van der Waals surface area contributed by atoms with Crippen LogP contribution in [-0.4, -0.2) is 31.1 Å². The van der Waals surface area contributed by atoms with Gasteiger partial charge in [0.2, 0.25) is 0 Å². The van der Waals surface area contributed by atoms with Gasteiger partial charge in [-0.1, -0.05) is 35.5 Å². The quantitative estimate of drug-likeness (QED) is 0.722. The highest BCUT2D eigenvalue weighted by molar-refractivity contribution is 5.14. The zero-order valence-corrected chi connectivity index (χ0v) is 10.9. The highest BCUT2D eigenvalue weighted by Gasteiger charge is 2.18. The Morgan fingerprint density at radius 1 is 1.17 bits per heavy atom. The van der Waals surface area contributed by atoms with Crippen molar-refractivity contribution >= 4 is 0 Å². The van der Waals surface area contributed by atoms with Crippen LogP contribution in [0.5, 0.6) is 0 Å². The Balaban J connectivity index is 1.62. The van der Waals surface area contributed by atoms with Gasteiger partial charge in [0.05, 0.1) is 6.54 Å². The van der Waals surface area contributed by atoms with Crippen molar-refractivity contribution in [2.75, 3.05) is 26.2 Å². The second-order valence-corrected chi connectivity index (χ2v) is 5.19. The van der Waals surface area contributed by atoms with Gasteiger partial charge in [0.1, 0.15) is 0 Å². The van der Waals surface area contributed by atoms with Crippen LogP contribution in [0.25, 0.3) is 0 Å². The average Bonchev–Trinajstić information content (AvgIpc) is 2.42. The topological polar surface area (TPSA) is 32.7 Å². The molecule has 0 amide bonds. The van der Waals surface area contributed by atoms with E-state index < -0.39 is 0 Å². The molecule has 1 fully saturated rings. The SMILES string of the molecule is O=NCC1CCN(CCCc2ccccc2)CC1. The Morgan fingerprint density at radius 3 is 2.56 bits per heavy atom. The molecule has 0 aliphatic carbocycles. The van der Waals surface area contributed by atoms with E-state index in [1.165, 1.54) is 18.5 Å². The van der Waals surface area contributed by atoms with Gasteiger partial charge in [0.15, 0.2) is 0 Å². The zero-order valence-electron chi connectivity index (χ0n) is 10.9. The maximum atomic E-state index is 10.2. The van der Waals surface area contributed by atoms with Gasteiger partial charge in [-0.3, -0.25) is 0 Å². The van der Waals surface area contributed by atoms with Crippen LogP contribution in [-0.2, 0) is 6.42 Å². The molecule has 0 atom stereocenters. The molecule has 0 saturated carbocycles. The summed E-state index contributed by atoms with van der Waals surface area (Å²) in [5.41, 5.74) is 1.43. The van der Waals surface area contributed by atoms with E-state index in [1.807, 2.05) is 0 Å². The highest BCUT2D eigenvalue weighted by Crippen LogP contribution is 2.17. The molecular formula is C15H22N2O. The lowest BCUT2D eigenvalue weighted by Gasteiger charge is -2.30. The van der Waals surface area contributed by atoms with Crippen molar-refractivity contribution in [3.8, 4) is 0 Å². The summed E-state index contributed by atoms with van der Waals surface area (Å²) in [6.07, 6.45) is 4.66. The number of hydrogen-bond acceptors (Lipinski definition) is 3. The number of piperidine rings is 1. The minimum absolute atomic E-state index is 0.512. The smallest absolute Gasteiger partial charge is 0.0840 e. The van der Waals surface area contributed by atoms with Gasteiger partial charge in [-0.25, -0.2) is 0 Å². The molecule has 1 aromatic rings. The Kier molecular flexibility index (Phi) is 5.34. The monoisotopic (exact) mass is 246 g/mol. The summed E-state index contributed by atoms with van der Waals surface area (Å²) in [4.78, 5) is 12.7. The Morgan fingerprint density at radius 2 is 1.89 bits per heavy atom. The number of nitroso groups, excluding NO2 is 1. The molecule has 1 aromatic carbocycles. The largest absolute Gasteiger partial charge is 0.303 e. The minimum atomic E-state index is 0.512. The fourth-order valence-corrected chi connectivity index (χ4v) is 2.65. The molecule has 0 spiro atoms. The van der Waals surface area contributed by atoms with Crippen LogP contribution in [0.1, 0.15) is 24.8 Å². The summed E-state index contributed by atoms with van der Waals surface area (Å²) in [7, 11) is 0. The Bertz CT molecular complexity index is 345. The first-order valence-electron chi connectivity index (χ1n) is 6.94. The third kappa shape index (κ3) is 4.22. The van der Waals surface area contributed by atoms with Crippen molar-refractivity contribution in [1.29, 1.82) is 0 Å². The van der Waals surface area contributed by atoms with Crippen LogP contribution in [0, 0.1) is 10.8 Å². The normalized spacial score (nSPS) is 17.8. The number of hydrogen-bond donors (Lipinski definition) is 0. The van der Waals surface area contributed by atoms with Gasteiger partial charge >= 0.3 is 0 Å². The first kappa shape index (κ1) is 13.2. The number of benzene rings is 1. The first-order chi connectivity index (χ1) is 8.88. The fraction of sp³-hybridized carbons (Fsp3) is 0.600. The first-order valence-corrected chi connectivity index (χ1v) is 6.94. The predicted molar refractivity (Wildman–Crippen MR) is 74.6 cm³/mol. The van der Waals surface area contributed by atoms with Crippen LogP contribution < -0.4 is 0 Å². The van der Waals surface area contributed by atoms with Gasteiger partial charge < -0.3 is 4.90 Å². The van der Waals surface area contributed by atoms with Gasteiger partial charge in [0.25, 0.3) is 0 Å². The fourth-order valence-electron chi connectivity index (χ4n) is 2.65. The lowest BCUT2D eigenvalue weighted by molar-refractivity contribution is 0.186. The molecular weight excluding hydrogens is 224 g/mol. The zero-order chi connectivity index (χ0) is 12.6. The van der Waals surface area contributed by atoms with Crippen molar-refractivity contribution < 1.29 is 0 Å². The second-order valence-electron chi connectivity index (χ2n) is 5.19. The summed E-state index contributed by atoms with van der Waals surface area (Å²) in [5, 5.41) is 3.02. The van der Waals surface area contributed by atoms with Crippen LogP contribution >= 0.6 is 0 Å².